The van der Waals surface area contributed by atoms with E-state index in [1.54, 1.807) is 12.3 Å². The van der Waals surface area contributed by atoms with Crippen LogP contribution in [-0.4, -0.2) is 56.0 Å². The SMILES string of the molecule is CCCN1CC(Nc2nccc(-c3cc(C(=O)O)ccn3)n2)CC1=O. The fourth-order valence-electron chi connectivity index (χ4n) is 2.81. The molecule has 0 spiro atoms. The summed E-state index contributed by atoms with van der Waals surface area (Å²) in [4.78, 5) is 37.6. The summed E-state index contributed by atoms with van der Waals surface area (Å²) in [6, 6.07) is 4.53. The van der Waals surface area contributed by atoms with Gasteiger partial charge in [-0.1, -0.05) is 6.92 Å². The van der Waals surface area contributed by atoms with E-state index in [9.17, 15) is 9.59 Å². The van der Waals surface area contributed by atoms with Crippen molar-refractivity contribution in [1.29, 1.82) is 0 Å². The number of carboxylic acids is 1. The van der Waals surface area contributed by atoms with Gasteiger partial charge in [0.15, 0.2) is 0 Å². The number of amides is 1. The van der Waals surface area contributed by atoms with Crippen molar-refractivity contribution in [1.82, 2.24) is 19.9 Å². The van der Waals surface area contributed by atoms with Gasteiger partial charge < -0.3 is 15.3 Å². The number of aromatic carboxylic acids is 1. The number of hydrogen-bond donors (Lipinski definition) is 2. The molecule has 1 aliphatic rings. The van der Waals surface area contributed by atoms with Crippen LogP contribution in [0.4, 0.5) is 5.95 Å². The highest BCUT2D eigenvalue weighted by atomic mass is 16.4. The molecule has 1 saturated heterocycles. The molecule has 1 atom stereocenters. The molecule has 0 saturated carbocycles. The molecule has 2 aromatic rings. The summed E-state index contributed by atoms with van der Waals surface area (Å²) in [5.74, 6) is -0.487. The smallest absolute Gasteiger partial charge is 0.335 e. The van der Waals surface area contributed by atoms with Crippen LogP contribution in [0.25, 0.3) is 11.4 Å². The highest BCUT2D eigenvalue weighted by molar-refractivity contribution is 5.88. The molecule has 3 rings (SSSR count). The van der Waals surface area contributed by atoms with E-state index in [4.69, 9.17) is 5.11 Å². The van der Waals surface area contributed by atoms with Crippen LogP contribution in [0.2, 0.25) is 0 Å². The van der Waals surface area contributed by atoms with Gasteiger partial charge >= 0.3 is 5.97 Å². The zero-order chi connectivity index (χ0) is 17.8. The van der Waals surface area contributed by atoms with Crippen LogP contribution < -0.4 is 5.32 Å². The molecule has 2 N–H and O–H groups in total. The van der Waals surface area contributed by atoms with E-state index in [1.807, 2.05) is 11.8 Å². The van der Waals surface area contributed by atoms with Crippen LogP contribution in [0.15, 0.2) is 30.6 Å². The first kappa shape index (κ1) is 16.8. The van der Waals surface area contributed by atoms with Gasteiger partial charge in [-0.25, -0.2) is 14.8 Å². The van der Waals surface area contributed by atoms with E-state index >= 15 is 0 Å². The Balaban J connectivity index is 1.75. The van der Waals surface area contributed by atoms with Crippen LogP contribution in [0.5, 0.6) is 0 Å². The zero-order valence-electron chi connectivity index (χ0n) is 13.8. The number of carboxylic acid groups (broad SMARTS) is 1. The third-order valence-corrected chi connectivity index (χ3v) is 3.97. The van der Waals surface area contributed by atoms with Crippen LogP contribution in [0.3, 0.4) is 0 Å². The number of pyridine rings is 1. The molecule has 0 radical (unpaired) electrons. The third-order valence-electron chi connectivity index (χ3n) is 3.97. The number of carbonyl (C=O) groups excluding carboxylic acids is 1. The Labute approximate surface area is 144 Å². The summed E-state index contributed by atoms with van der Waals surface area (Å²) in [6.45, 7) is 3.43. The molecule has 3 heterocycles. The van der Waals surface area contributed by atoms with Gasteiger partial charge in [0.1, 0.15) is 0 Å². The second-order valence-electron chi connectivity index (χ2n) is 5.89. The van der Waals surface area contributed by atoms with Crippen molar-refractivity contribution in [3.05, 3.63) is 36.2 Å². The number of carbonyl (C=O) groups is 2. The molecule has 2 aromatic heterocycles. The van der Waals surface area contributed by atoms with Crippen molar-refractivity contribution in [2.24, 2.45) is 0 Å². The molecule has 25 heavy (non-hydrogen) atoms. The molecule has 1 unspecified atom stereocenters. The largest absolute Gasteiger partial charge is 0.478 e. The quantitative estimate of drug-likeness (QED) is 0.822. The van der Waals surface area contributed by atoms with Gasteiger partial charge in [0.05, 0.1) is 23.0 Å². The molecule has 1 amide bonds. The van der Waals surface area contributed by atoms with Crippen molar-refractivity contribution < 1.29 is 14.7 Å². The zero-order valence-corrected chi connectivity index (χ0v) is 13.8. The lowest BCUT2D eigenvalue weighted by molar-refractivity contribution is -0.127. The van der Waals surface area contributed by atoms with E-state index in [-0.39, 0.29) is 17.5 Å². The number of hydrogen-bond acceptors (Lipinski definition) is 6. The average molecular weight is 341 g/mol. The second kappa shape index (κ2) is 7.25. The Kier molecular flexibility index (Phi) is 4.87. The summed E-state index contributed by atoms with van der Waals surface area (Å²) in [7, 11) is 0. The van der Waals surface area contributed by atoms with Crippen LogP contribution in [-0.2, 0) is 4.79 Å². The lowest BCUT2D eigenvalue weighted by Gasteiger charge is -2.16. The molecule has 0 bridgehead atoms. The van der Waals surface area contributed by atoms with Crippen LogP contribution >= 0.6 is 0 Å². The van der Waals surface area contributed by atoms with Crippen molar-refractivity contribution in [2.45, 2.75) is 25.8 Å². The number of anilines is 1. The van der Waals surface area contributed by atoms with Gasteiger partial charge in [-0.15, -0.1) is 0 Å². The Hall–Kier alpha value is -3.03. The minimum absolute atomic E-state index is 0.0346. The maximum atomic E-state index is 11.9. The normalized spacial score (nSPS) is 16.9. The summed E-state index contributed by atoms with van der Waals surface area (Å²) >= 11 is 0. The number of nitrogens with one attached hydrogen (secondary N) is 1. The van der Waals surface area contributed by atoms with Gasteiger partial charge in [0.25, 0.3) is 0 Å². The van der Waals surface area contributed by atoms with E-state index in [0.717, 1.165) is 13.0 Å². The number of nitrogens with zero attached hydrogens (tertiary/aromatic N) is 4. The molecule has 1 aliphatic heterocycles. The Bertz CT molecular complexity index is 795. The summed E-state index contributed by atoms with van der Waals surface area (Å²) in [5.41, 5.74) is 1.13. The molecule has 8 heteroatoms. The predicted octanol–water partition coefficient (Wildman–Crippen LogP) is 1.66. The van der Waals surface area contributed by atoms with Crippen molar-refractivity contribution in [2.75, 3.05) is 18.4 Å². The Morgan fingerprint density at radius 2 is 2.12 bits per heavy atom. The fourth-order valence-corrected chi connectivity index (χ4v) is 2.81. The van der Waals surface area contributed by atoms with Gasteiger partial charge in [-0.3, -0.25) is 9.78 Å². The minimum Gasteiger partial charge on any atom is -0.478 e. The van der Waals surface area contributed by atoms with Crippen molar-refractivity contribution in [3.63, 3.8) is 0 Å². The van der Waals surface area contributed by atoms with Gasteiger partial charge in [-0.05, 0) is 24.6 Å². The third kappa shape index (κ3) is 3.90. The van der Waals surface area contributed by atoms with Crippen LogP contribution in [0.1, 0.15) is 30.1 Å². The predicted molar refractivity (Wildman–Crippen MR) is 91.1 cm³/mol. The average Bonchev–Trinajstić information content (AvgIpc) is 2.95. The first-order valence-corrected chi connectivity index (χ1v) is 8.14. The molecule has 1 fully saturated rings. The fraction of sp³-hybridized carbons (Fsp3) is 0.353. The summed E-state index contributed by atoms with van der Waals surface area (Å²) < 4.78 is 0. The Morgan fingerprint density at radius 3 is 2.88 bits per heavy atom. The topological polar surface area (TPSA) is 108 Å². The highest BCUT2D eigenvalue weighted by Gasteiger charge is 2.29. The van der Waals surface area contributed by atoms with Gasteiger partial charge in [0.2, 0.25) is 11.9 Å². The Morgan fingerprint density at radius 1 is 1.32 bits per heavy atom. The van der Waals surface area contributed by atoms with E-state index in [2.05, 4.69) is 20.3 Å². The number of likely N-dealkylation sites (tertiary alicyclic amines) is 1. The molecule has 0 aliphatic carbocycles. The maximum absolute atomic E-state index is 11.9. The lowest BCUT2D eigenvalue weighted by atomic mass is 10.2. The second-order valence-corrected chi connectivity index (χ2v) is 5.89. The van der Waals surface area contributed by atoms with E-state index in [1.165, 1.54) is 18.3 Å². The molecule has 0 aromatic carbocycles. The molecule has 130 valence electrons. The summed E-state index contributed by atoms with van der Waals surface area (Å²) in [6.07, 6.45) is 4.36. The number of aromatic nitrogens is 3. The monoisotopic (exact) mass is 341 g/mol. The van der Waals surface area contributed by atoms with E-state index < -0.39 is 5.97 Å². The highest BCUT2D eigenvalue weighted by Crippen LogP contribution is 2.19. The maximum Gasteiger partial charge on any atom is 0.335 e. The number of rotatable bonds is 6. The minimum atomic E-state index is -1.02. The summed E-state index contributed by atoms with van der Waals surface area (Å²) in [5, 5.41) is 12.3. The first-order valence-electron chi connectivity index (χ1n) is 8.14. The van der Waals surface area contributed by atoms with Crippen LogP contribution in [0, 0.1) is 0 Å². The van der Waals surface area contributed by atoms with Gasteiger partial charge in [0, 0.05) is 31.9 Å². The van der Waals surface area contributed by atoms with E-state index in [0.29, 0.717) is 30.3 Å². The first-order chi connectivity index (χ1) is 12.1. The molecule has 8 nitrogen and oxygen atoms in total. The van der Waals surface area contributed by atoms with Crippen molar-refractivity contribution >= 4 is 17.8 Å². The molecular weight excluding hydrogens is 322 g/mol. The van der Waals surface area contributed by atoms with Crippen molar-refractivity contribution in [3.8, 4) is 11.4 Å². The van der Waals surface area contributed by atoms with Gasteiger partial charge in [-0.2, -0.15) is 0 Å². The lowest BCUT2D eigenvalue weighted by Crippen LogP contribution is -2.28. The standard InChI is InChI=1S/C17H19N5O3/c1-2-7-22-10-12(9-15(22)23)20-17-19-6-4-13(21-17)14-8-11(16(24)25)3-5-18-14/h3-6,8,12H,2,7,9-10H2,1H3,(H,24,25)(H,19,20,21). The molecular formula is C17H19N5O3.